The van der Waals surface area contributed by atoms with Gasteiger partial charge in [0, 0.05) is 6.54 Å². The molecule has 13 heavy (non-hydrogen) atoms. The molecule has 0 saturated carbocycles. The van der Waals surface area contributed by atoms with Crippen molar-refractivity contribution in [1.82, 2.24) is 5.32 Å². The van der Waals surface area contributed by atoms with E-state index in [4.69, 9.17) is 15.9 Å². The molecule has 5 nitrogen and oxygen atoms in total. The van der Waals surface area contributed by atoms with Gasteiger partial charge in [0.15, 0.2) is 5.96 Å². The van der Waals surface area contributed by atoms with Crippen molar-refractivity contribution in [3.63, 3.8) is 0 Å². The number of guanidine groups is 1. The van der Waals surface area contributed by atoms with Gasteiger partial charge in [-0.3, -0.25) is 4.99 Å². The van der Waals surface area contributed by atoms with Gasteiger partial charge in [-0.15, -0.1) is 0 Å². The molecule has 0 aromatic heterocycles. The van der Waals surface area contributed by atoms with Gasteiger partial charge >= 0.3 is 0 Å². The molecule has 0 aromatic carbocycles. The Morgan fingerprint density at radius 3 is 2.23 bits per heavy atom. The Labute approximate surface area is 78.7 Å². The molecule has 0 radical (unpaired) electrons. The van der Waals surface area contributed by atoms with Crippen molar-refractivity contribution in [1.29, 1.82) is 0 Å². The van der Waals surface area contributed by atoms with Crippen LogP contribution in [0.25, 0.3) is 0 Å². The summed E-state index contributed by atoms with van der Waals surface area (Å²) in [6, 6.07) is 0. The highest BCUT2D eigenvalue weighted by Crippen LogP contribution is 2.07. The Morgan fingerprint density at radius 1 is 1.38 bits per heavy atom. The summed E-state index contributed by atoms with van der Waals surface area (Å²) in [5, 5.41) is 20.9. The molecule has 0 unspecified atom stereocenters. The van der Waals surface area contributed by atoms with Crippen LogP contribution in [0.3, 0.4) is 0 Å². The van der Waals surface area contributed by atoms with E-state index >= 15 is 0 Å². The zero-order chi connectivity index (χ0) is 10.3. The van der Waals surface area contributed by atoms with E-state index in [1.807, 2.05) is 13.8 Å². The normalized spacial score (nSPS) is 13.1. The van der Waals surface area contributed by atoms with Crippen LogP contribution in [0.4, 0.5) is 0 Å². The van der Waals surface area contributed by atoms with Crippen LogP contribution in [0.1, 0.15) is 20.3 Å². The quantitative estimate of drug-likeness (QED) is 0.331. The number of hydrogen-bond acceptors (Lipinski definition) is 3. The molecule has 0 aliphatic carbocycles. The molecule has 5 N–H and O–H groups in total. The van der Waals surface area contributed by atoms with Crippen LogP contribution < -0.4 is 11.1 Å². The summed E-state index contributed by atoms with van der Waals surface area (Å²) in [5.74, 6) is 0.257. The number of aliphatic hydroxyl groups excluding tert-OH is 2. The number of nitrogens with zero attached hydrogens (tertiary/aromatic N) is 1. The van der Waals surface area contributed by atoms with Crippen molar-refractivity contribution in [3.05, 3.63) is 0 Å². The maximum atomic E-state index is 9.06. The summed E-state index contributed by atoms with van der Waals surface area (Å²) in [4.78, 5) is 3.91. The lowest BCUT2D eigenvalue weighted by Gasteiger charge is -2.30. The molecule has 78 valence electrons. The van der Waals surface area contributed by atoms with Crippen LogP contribution in [-0.2, 0) is 0 Å². The second kappa shape index (κ2) is 5.77. The maximum Gasteiger partial charge on any atom is 0.189 e. The van der Waals surface area contributed by atoms with E-state index in [2.05, 4.69) is 10.3 Å². The van der Waals surface area contributed by atoms with E-state index in [0.29, 0.717) is 13.0 Å². The van der Waals surface area contributed by atoms with Crippen LogP contribution in [0.15, 0.2) is 4.99 Å². The fraction of sp³-hybridized carbons (Fsp3) is 0.875. The van der Waals surface area contributed by atoms with Crippen LogP contribution >= 0.6 is 0 Å². The highest BCUT2D eigenvalue weighted by molar-refractivity contribution is 5.78. The van der Waals surface area contributed by atoms with E-state index in [1.165, 1.54) is 0 Å². The Bertz CT molecular complexity index is 159. The van der Waals surface area contributed by atoms with Gasteiger partial charge in [0.25, 0.3) is 0 Å². The third-order valence-corrected chi connectivity index (χ3v) is 2.00. The van der Waals surface area contributed by atoms with Crippen LogP contribution in [0.5, 0.6) is 0 Å². The number of hydrogen-bond donors (Lipinski definition) is 4. The van der Waals surface area contributed by atoms with Gasteiger partial charge in [0.2, 0.25) is 0 Å². The topological polar surface area (TPSA) is 90.9 Å². The van der Waals surface area contributed by atoms with E-state index in [0.717, 1.165) is 0 Å². The molecule has 0 saturated heterocycles. The molecular weight excluding hydrogens is 170 g/mol. The molecule has 0 fully saturated rings. The first-order valence-electron chi connectivity index (χ1n) is 4.44. The summed E-state index contributed by atoms with van der Waals surface area (Å²) >= 11 is 0. The first-order valence-corrected chi connectivity index (χ1v) is 4.44. The Hall–Kier alpha value is -0.810. The monoisotopic (exact) mass is 189 g/mol. The second-order valence-corrected chi connectivity index (χ2v) is 2.93. The summed E-state index contributed by atoms with van der Waals surface area (Å²) in [5.41, 5.74) is 4.77. The van der Waals surface area contributed by atoms with E-state index in [9.17, 15) is 0 Å². The molecule has 0 aliphatic heterocycles. The summed E-state index contributed by atoms with van der Waals surface area (Å²) in [6.07, 6.45) is 0.583. The second-order valence-electron chi connectivity index (χ2n) is 2.93. The van der Waals surface area contributed by atoms with Crippen LogP contribution in [-0.4, -0.2) is 41.5 Å². The zero-order valence-corrected chi connectivity index (χ0v) is 8.25. The number of aliphatic imine (C=N–C) groups is 1. The molecule has 0 spiro atoms. The van der Waals surface area contributed by atoms with Crippen LogP contribution in [0, 0.1) is 0 Å². The Balaban J connectivity index is 4.32. The predicted molar refractivity (Wildman–Crippen MR) is 52.5 cm³/mol. The lowest BCUT2D eigenvalue weighted by Crippen LogP contribution is -2.56. The van der Waals surface area contributed by atoms with Gasteiger partial charge in [0.05, 0.1) is 18.8 Å². The van der Waals surface area contributed by atoms with Gasteiger partial charge in [0.1, 0.15) is 0 Å². The first kappa shape index (κ1) is 12.2. The predicted octanol–water partition coefficient (Wildman–Crippen LogP) is -0.956. The van der Waals surface area contributed by atoms with Gasteiger partial charge < -0.3 is 21.3 Å². The first-order chi connectivity index (χ1) is 6.14. The molecule has 0 atom stereocenters. The lowest BCUT2D eigenvalue weighted by molar-refractivity contribution is 0.103. The fourth-order valence-electron chi connectivity index (χ4n) is 0.923. The molecule has 0 bridgehead atoms. The zero-order valence-electron chi connectivity index (χ0n) is 8.25. The van der Waals surface area contributed by atoms with Gasteiger partial charge in [-0.05, 0) is 13.3 Å². The van der Waals surface area contributed by atoms with Crippen molar-refractivity contribution in [2.24, 2.45) is 10.7 Å². The smallest absolute Gasteiger partial charge is 0.189 e. The minimum absolute atomic E-state index is 0.167. The molecular formula is C8H19N3O2. The van der Waals surface area contributed by atoms with E-state index < -0.39 is 5.54 Å². The Morgan fingerprint density at radius 2 is 1.92 bits per heavy atom. The van der Waals surface area contributed by atoms with Crippen molar-refractivity contribution in [3.8, 4) is 0 Å². The average molecular weight is 189 g/mol. The molecule has 0 heterocycles. The maximum absolute atomic E-state index is 9.06. The third-order valence-electron chi connectivity index (χ3n) is 2.00. The highest BCUT2D eigenvalue weighted by atomic mass is 16.3. The van der Waals surface area contributed by atoms with Crippen LogP contribution in [0.2, 0.25) is 0 Å². The minimum Gasteiger partial charge on any atom is -0.394 e. The summed E-state index contributed by atoms with van der Waals surface area (Å²) in [7, 11) is 0. The van der Waals surface area contributed by atoms with E-state index in [1.54, 1.807) is 0 Å². The van der Waals surface area contributed by atoms with Gasteiger partial charge in [-0.25, -0.2) is 0 Å². The summed E-state index contributed by atoms with van der Waals surface area (Å²) < 4.78 is 0. The molecule has 5 heteroatoms. The van der Waals surface area contributed by atoms with Crippen molar-refractivity contribution in [2.75, 3.05) is 19.8 Å². The average Bonchev–Trinajstić information content (AvgIpc) is 2.15. The molecule has 0 aliphatic rings. The third kappa shape index (κ3) is 3.61. The molecule has 0 aromatic rings. The van der Waals surface area contributed by atoms with Crippen molar-refractivity contribution >= 4 is 5.96 Å². The number of rotatable bonds is 5. The molecule has 0 rings (SSSR count). The van der Waals surface area contributed by atoms with E-state index in [-0.39, 0.29) is 19.2 Å². The lowest BCUT2D eigenvalue weighted by atomic mass is 9.99. The van der Waals surface area contributed by atoms with Crippen molar-refractivity contribution < 1.29 is 10.2 Å². The molecule has 0 amide bonds. The Kier molecular flexibility index (Phi) is 5.41. The summed E-state index contributed by atoms with van der Waals surface area (Å²) in [6.45, 7) is 3.97. The highest BCUT2D eigenvalue weighted by Gasteiger charge is 2.26. The van der Waals surface area contributed by atoms with Gasteiger partial charge in [-0.2, -0.15) is 0 Å². The number of aliphatic hydroxyl groups is 2. The SMILES string of the molecule is CCN=C(N)NC(CC)(CO)CO. The fourth-order valence-corrected chi connectivity index (χ4v) is 0.923. The number of nitrogens with one attached hydrogen (secondary N) is 1. The van der Waals surface area contributed by atoms with Crippen molar-refractivity contribution in [2.45, 2.75) is 25.8 Å². The van der Waals surface area contributed by atoms with Gasteiger partial charge in [-0.1, -0.05) is 6.92 Å². The largest absolute Gasteiger partial charge is 0.394 e. The minimum atomic E-state index is -0.747. The standard InChI is InChI=1S/C8H19N3O2/c1-3-8(5-12,6-13)11-7(9)10-4-2/h12-13H,3-6H2,1-2H3,(H3,9,10,11). The number of nitrogens with two attached hydrogens (primary N) is 1.